The molecule has 0 amide bonds. The van der Waals surface area contributed by atoms with Gasteiger partial charge < -0.3 is 14.1 Å². The van der Waals surface area contributed by atoms with Gasteiger partial charge in [0.2, 0.25) is 0 Å². The minimum absolute atomic E-state index is 0.0147. The van der Waals surface area contributed by atoms with Crippen LogP contribution in [0.2, 0.25) is 0 Å². The summed E-state index contributed by atoms with van der Waals surface area (Å²) in [4.78, 5) is 5.30. The molecule has 1 aromatic heterocycles. The van der Waals surface area contributed by atoms with Gasteiger partial charge >= 0.3 is 6.85 Å². The fourth-order valence-corrected chi connectivity index (χ4v) is 13.0. The van der Waals surface area contributed by atoms with Crippen LogP contribution >= 0.6 is 0 Å². The second kappa shape index (κ2) is 14.6. The van der Waals surface area contributed by atoms with Crippen molar-refractivity contribution < 1.29 is 4.42 Å². The van der Waals surface area contributed by atoms with Crippen LogP contribution in [0, 0.1) is 6.92 Å². The zero-order valence-corrected chi connectivity index (χ0v) is 41.7. The highest BCUT2D eigenvalue weighted by Crippen LogP contribution is 2.56. The topological polar surface area (TPSA) is 19.6 Å². The van der Waals surface area contributed by atoms with Crippen LogP contribution in [0.4, 0.5) is 28.4 Å². The number of hydrogen-bond acceptors (Lipinski definition) is 3. The molecule has 0 bridgehead atoms. The highest BCUT2D eigenvalue weighted by Gasteiger charge is 2.50. The number of benzene rings is 8. The van der Waals surface area contributed by atoms with E-state index in [9.17, 15) is 0 Å². The van der Waals surface area contributed by atoms with Gasteiger partial charge in [-0.1, -0.05) is 171 Å². The second-order valence-corrected chi connectivity index (χ2v) is 23.5. The van der Waals surface area contributed by atoms with Gasteiger partial charge in [0.15, 0.2) is 0 Å². The molecule has 0 fully saturated rings. The Morgan fingerprint density at radius 3 is 1.65 bits per heavy atom. The molecule has 0 radical (unpaired) electrons. The molecule has 13 rings (SSSR count). The summed E-state index contributed by atoms with van der Waals surface area (Å²) in [6.07, 6.45) is 4.61. The molecule has 4 aliphatic rings. The lowest BCUT2D eigenvalue weighted by molar-refractivity contribution is 0.332. The van der Waals surface area contributed by atoms with Gasteiger partial charge in [0.05, 0.1) is 5.69 Å². The summed E-state index contributed by atoms with van der Waals surface area (Å²) in [5.74, 6) is 0. The van der Waals surface area contributed by atoms with E-state index in [-0.39, 0.29) is 28.5 Å². The van der Waals surface area contributed by atoms with Gasteiger partial charge in [-0.15, -0.1) is 0 Å². The number of rotatable bonds is 4. The van der Waals surface area contributed by atoms with E-state index in [1.54, 1.807) is 0 Å². The number of nitrogens with zero attached hydrogens (tertiary/aromatic N) is 2. The largest absolute Gasteiger partial charge is 0.466 e. The Balaban J connectivity index is 1.19. The second-order valence-electron chi connectivity index (χ2n) is 23.5. The van der Waals surface area contributed by atoms with E-state index in [0.29, 0.717) is 0 Å². The Labute approximate surface area is 408 Å². The minimum Gasteiger partial charge on any atom is -0.466 e. The van der Waals surface area contributed by atoms with E-state index in [4.69, 9.17) is 4.42 Å². The Bertz CT molecular complexity index is 3580. The normalized spacial score (nSPS) is 17.8. The van der Waals surface area contributed by atoms with Crippen molar-refractivity contribution in [2.45, 2.75) is 110 Å². The SMILES string of the molecule is Cc1cc2c(cc1N1c3cc(-c4ccccc4)cc4c3B(c3oc5cc6c(cc5c31)C(C)(C)CCC6(C)C)N(c1ccc(-c3ccccc3)cc1)c1c-4ccc3ccccc13)C(C)(C)CCC2(C)C. The number of fused-ring (bicyclic) bond motifs is 10. The van der Waals surface area contributed by atoms with Crippen LogP contribution in [0.1, 0.15) is 109 Å². The van der Waals surface area contributed by atoms with Gasteiger partial charge in [0.25, 0.3) is 0 Å². The first-order valence-electron chi connectivity index (χ1n) is 25.4. The van der Waals surface area contributed by atoms with Crippen LogP contribution in [0.15, 0.2) is 162 Å². The van der Waals surface area contributed by atoms with Crippen LogP contribution in [0.5, 0.6) is 0 Å². The van der Waals surface area contributed by atoms with E-state index in [1.807, 2.05) is 0 Å². The molecule has 0 saturated heterocycles. The summed E-state index contributed by atoms with van der Waals surface area (Å²) < 4.78 is 7.75. The van der Waals surface area contributed by atoms with Crippen molar-refractivity contribution >= 4 is 68.1 Å². The quantitative estimate of drug-likeness (QED) is 0.164. The Morgan fingerprint density at radius 1 is 0.449 bits per heavy atom. The summed E-state index contributed by atoms with van der Waals surface area (Å²) in [5, 5.41) is 3.64. The van der Waals surface area contributed by atoms with E-state index in [0.717, 1.165) is 41.9 Å². The molecule has 69 heavy (non-hydrogen) atoms. The fraction of sp³-hybridized carbons (Fsp3) is 0.262. The highest BCUT2D eigenvalue weighted by molar-refractivity contribution is 6.93. The molecule has 3 nitrogen and oxygen atoms in total. The molecule has 2 aliphatic heterocycles. The van der Waals surface area contributed by atoms with Crippen molar-refractivity contribution in [1.29, 1.82) is 0 Å². The lowest BCUT2D eigenvalue weighted by atomic mass is 9.45. The van der Waals surface area contributed by atoms with Gasteiger partial charge in [0, 0.05) is 39.1 Å². The predicted octanol–water partition coefficient (Wildman–Crippen LogP) is 16.6. The molecule has 0 N–H and O–H groups in total. The maximum Gasteiger partial charge on any atom is 0.375 e. The number of anilines is 5. The molecule has 0 unspecified atom stereocenters. The van der Waals surface area contributed by atoms with Crippen LogP contribution in [0.25, 0.3) is 55.1 Å². The molecule has 4 heteroatoms. The van der Waals surface area contributed by atoms with E-state index >= 15 is 0 Å². The van der Waals surface area contributed by atoms with Gasteiger partial charge in [-0.25, -0.2) is 0 Å². The van der Waals surface area contributed by atoms with Crippen LogP contribution < -0.4 is 20.8 Å². The lowest BCUT2D eigenvalue weighted by Crippen LogP contribution is -2.61. The predicted molar refractivity (Wildman–Crippen MR) is 294 cm³/mol. The maximum absolute atomic E-state index is 7.75. The molecule has 9 aromatic rings. The van der Waals surface area contributed by atoms with Crippen molar-refractivity contribution in [2.75, 3.05) is 9.71 Å². The lowest BCUT2D eigenvalue weighted by Gasteiger charge is -2.46. The summed E-state index contributed by atoms with van der Waals surface area (Å²) in [7, 11) is 0. The van der Waals surface area contributed by atoms with Crippen LogP contribution in [-0.4, -0.2) is 6.85 Å². The molecule has 2 aliphatic carbocycles. The van der Waals surface area contributed by atoms with Crippen LogP contribution in [0.3, 0.4) is 0 Å². The summed E-state index contributed by atoms with van der Waals surface area (Å²) in [6, 6.07) is 59.8. The molecule has 0 spiro atoms. The smallest absolute Gasteiger partial charge is 0.375 e. The number of aryl methyl sites for hydroxylation is 1. The Hall–Kier alpha value is -6.78. The van der Waals surface area contributed by atoms with E-state index < -0.39 is 0 Å². The van der Waals surface area contributed by atoms with Crippen molar-refractivity contribution in [3.8, 4) is 33.4 Å². The zero-order chi connectivity index (χ0) is 47.4. The van der Waals surface area contributed by atoms with Gasteiger partial charge in [0.1, 0.15) is 11.2 Å². The molecule has 340 valence electrons. The fourth-order valence-electron chi connectivity index (χ4n) is 13.0. The standard InChI is InChI=1S/C65H61BN2O/c1-40-34-51-53(64(6,7)32-30-62(51,2)3)38-55(40)67-56-36-45(42-20-14-11-15-21-42)35-49-48-29-26-44-22-16-17-23-47(44)59(48)68(46-27-24-43(25-28-46)41-18-12-10-13-19-41)66(58(49)56)61-60(67)50-37-52-54(39-57(50)69-61)65(8,9)33-31-63(52,4)5/h10-29,34-39H,30-33H2,1-9H3. The summed E-state index contributed by atoms with van der Waals surface area (Å²) >= 11 is 0. The van der Waals surface area contributed by atoms with Gasteiger partial charge in [-0.3, -0.25) is 0 Å². The molecular weight excluding hydrogens is 836 g/mol. The summed E-state index contributed by atoms with van der Waals surface area (Å²) in [6.45, 7) is 21.7. The zero-order valence-electron chi connectivity index (χ0n) is 41.7. The first kappa shape index (κ1) is 42.3. The third-order valence-electron chi connectivity index (χ3n) is 17.3. The molecular formula is C65H61BN2O. The van der Waals surface area contributed by atoms with Gasteiger partial charge in [-0.05, 0) is 163 Å². The number of hydrogen-bond donors (Lipinski definition) is 0. The molecule has 0 atom stereocenters. The maximum atomic E-state index is 7.75. The van der Waals surface area contributed by atoms with Crippen molar-refractivity contribution in [1.82, 2.24) is 0 Å². The van der Waals surface area contributed by atoms with Crippen molar-refractivity contribution in [2.24, 2.45) is 0 Å². The summed E-state index contributed by atoms with van der Waals surface area (Å²) in [5.41, 5.74) is 23.7. The molecule has 8 aromatic carbocycles. The number of furan rings is 1. The van der Waals surface area contributed by atoms with Crippen molar-refractivity contribution in [3.05, 3.63) is 186 Å². The first-order valence-corrected chi connectivity index (χ1v) is 25.4. The average molecular weight is 897 g/mol. The Kier molecular flexibility index (Phi) is 8.97. The van der Waals surface area contributed by atoms with Gasteiger partial charge in [-0.2, -0.15) is 0 Å². The minimum atomic E-state index is -0.272. The monoisotopic (exact) mass is 896 g/mol. The third kappa shape index (κ3) is 6.26. The highest BCUT2D eigenvalue weighted by atomic mass is 16.3. The Morgan fingerprint density at radius 2 is 1.00 bits per heavy atom. The van der Waals surface area contributed by atoms with Crippen molar-refractivity contribution in [3.63, 3.8) is 0 Å². The van der Waals surface area contributed by atoms with Crippen LogP contribution in [-0.2, 0) is 21.7 Å². The van der Waals surface area contributed by atoms with E-state index in [2.05, 4.69) is 230 Å². The first-order chi connectivity index (χ1) is 33.1. The molecule has 0 saturated carbocycles. The third-order valence-corrected chi connectivity index (χ3v) is 17.3. The molecule has 3 heterocycles. The average Bonchev–Trinajstić information content (AvgIpc) is 3.73. The van der Waals surface area contributed by atoms with E-state index in [1.165, 1.54) is 106 Å².